The number of carbonyl (C=O) groups excluding carboxylic acids is 1. The van der Waals surface area contributed by atoms with E-state index in [0.29, 0.717) is 5.02 Å². The van der Waals surface area contributed by atoms with E-state index < -0.39 is 0 Å². The first-order valence-electron chi connectivity index (χ1n) is 7.57. The van der Waals surface area contributed by atoms with Gasteiger partial charge in [0.25, 0.3) is 0 Å². The molecule has 3 atom stereocenters. The number of aryl methyl sites for hydroxylation is 1. The lowest BCUT2D eigenvalue weighted by Crippen LogP contribution is -2.30. The molecule has 1 aliphatic rings. The summed E-state index contributed by atoms with van der Waals surface area (Å²) in [4.78, 5) is 12.0. The second kappa shape index (κ2) is 6.13. The largest absolute Gasteiger partial charge is 0.457 e. The first kappa shape index (κ1) is 15.1. The molecule has 0 spiro atoms. The Bertz CT molecular complexity index is 678. The normalized spacial score (nSPS) is 24.9. The lowest BCUT2D eigenvalue weighted by atomic mass is 9.80. The third kappa shape index (κ3) is 3.02. The van der Waals surface area contributed by atoms with Crippen LogP contribution < -0.4 is 0 Å². The summed E-state index contributed by atoms with van der Waals surface area (Å²) >= 11 is 5.97. The van der Waals surface area contributed by atoms with E-state index in [2.05, 4.69) is 31.2 Å². The molecular formula is C19H19ClO2. The molecule has 1 heterocycles. The highest BCUT2D eigenvalue weighted by Crippen LogP contribution is 2.43. The number of carbonyl (C=O) groups is 1. The van der Waals surface area contributed by atoms with Crippen molar-refractivity contribution in [2.75, 3.05) is 0 Å². The predicted molar refractivity (Wildman–Crippen MR) is 88.0 cm³/mol. The zero-order valence-electron chi connectivity index (χ0n) is 12.8. The maximum Gasteiger partial charge on any atom is 0.309 e. The van der Waals surface area contributed by atoms with Gasteiger partial charge >= 0.3 is 5.97 Å². The van der Waals surface area contributed by atoms with Gasteiger partial charge in [-0.2, -0.15) is 0 Å². The van der Waals surface area contributed by atoms with Crippen molar-refractivity contribution in [3.8, 4) is 0 Å². The molecule has 2 aromatic carbocycles. The Kier molecular flexibility index (Phi) is 4.21. The van der Waals surface area contributed by atoms with E-state index in [1.165, 1.54) is 11.1 Å². The van der Waals surface area contributed by atoms with Gasteiger partial charge in [-0.1, -0.05) is 60.5 Å². The van der Waals surface area contributed by atoms with Gasteiger partial charge in [0.1, 0.15) is 6.10 Å². The molecule has 0 aliphatic carbocycles. The fourth-order valence-corrected chi connectivity index (χ4v) is 3.21. The molecule has 114 valence electrons. The minimum atomic E-state index is -0.247. The predicted octanol–water partition coefficient (Wildman–Crippen LogP) is 5.06. The van der Waals surface area contributed by atoms with Gasteiger partial charge in [0.2, 0.25) is 0 Å². The van der Waals surface area contributed by atoms with E-state index in [0.717, 1.165) is 12.0 Å². The molecular weight excluding hydrogens is 296 g/mol. The van der Waals surface area contributed by atoms with Crippen LogP contribution in [0.4, 0.5) is 0 Å². The third-order valence-corrected chi connectivity index (χ3v) is 4.54. The molecule has 1 fully saturated rings. The summed E-state index contributed by atoms with van der Waals surface area (Å²) < 4.78 is 5.75. The zero-order valence-corrected chi connectivity index (χ0v) is 13.5. The van der Waals surface area contributed by atoms with Gasteiger partial charge in [-0.3, -0.25) is 4.79 Å². The van der Waals surface area contributed by atoms with Crippen LogP contribution in [0.3, 0.4) is 0 Å². The van der Waals surface area contributed by atoms with Crippen molar-refractivity contribution < 1.29 is 9.53 Å². The standard InChI is InChI=1S/C19H19ClO2/c1-12-4-3-5-15(10-12)17-11-13(2)19(21)22-18(17)14-6-8-16(20)9-7-14/h3-10,13,17-18H,11H2,1-2H3/t13?,17-,18+/m1/s1. The summed E-state index contributed by atoms with van der Waals surface area (Å²) in [6, 6.07) is 16.0. The van der Waals surface area contributed by atoms with Crippen molar-refractivity contribution in [1.82, 2.24) is 0 Å². The molecule has 0 radical (unpaired) electrons. The Hall–Kier alpha value is -1.80. The van der Waals surface area contributed by atoms with Crippen molar-refractivity contribution in [2.45, 2.75) is 32.3 Å². The maximum atomic E-state index is 12.0. The highest BCUT2D eigenvalue weighted by molar-refractivity contribution is 6.30. The van der Waals surface area contributed by atoms with Crippen LogP contribution in [0.5, 0.6) is 0 Å². The van der Waals surface area contributed by atoms with E-state index in [1.807, 2.05) is 31.2 Å². The van der Waals surface area contributed by atoms with Crippen molar-refractivity contribution >= 4 is 17.6 Å². The van der Waals surface area contributed by atoms with Gasteiger partial charge < -0.3 is 4.74 Å². The van der Waals surface area contributed by atoms with Gasteiger partial charge in [0.05, 0.1) is 5.92 Å². The summed E-state index contributed by atoms with van der Waals surface area (Å²) in [5, 5.41) is 0.686. The van der Waals surface area contributed by atoms with Crippen LogP contribution in [0.25, 0.3) is 0 Å². The van der Waals surface area contributed by atoms with Gasteiger partial charge in [-0.15, -0.1) is 0 Å². The first-order valence-corrected chi connectivity index (χ1v) is 7.95. The number of halogens is 1. The lowest BCUT2D eigenvalue weighted by Gasteiger charge is -2.35. The van der Waals surface area contributed by atoms with Crippen molar-refractivity contribution in [1.29, 1.82) is 0 Å². The molecule has 0 saturated carbocycles. The van der Waals surface area contributed by atoms with Crippen LogP contribution in [-0.4, -0.2) is 5.97 Å². The topological polar surface area (TPSA) is 26.3 Å². The quantitative estimate of drug-likeness (QED) is 0.724. The molecule has 0 N–H and O–H groups in total. The number of cyclic esters (lactones) is 1. The van der Waals surface area contributed by atoms with Gasteiger partial charge in [0.15, 0.2) is 0 Å². The second-order valence-electron chi connectivity index (χ2n) is 6.07. The van der Waals surface area contributed by atoms with Crippen molar-refractivity contribution in [3.05, 3.63) is 70.2 Å². The van der Waals surface area contributed by atoms with E-state index >= 15 is 0 Å². The first-order chi connectivity index (χ1) is 10.5. The van der Waals surface area contributed by atoms with Crippen molar-refractivity contribution in [3.63, 3.8) is 0 Å². The number of esters is 1. The Balaban J connectivity index is 1.99. The summed E-state index contributed by atoms with van der Waals surface area (Å²) in [5.74, 6) is -0.0216. The summed E-state index contributed by atoms with van der Waals surface area (Å²) in [7, 11) is 0. The fraction of sp³-hybridized carbons (Fsp3) is 0.316. The molecule has 22 heavy (non-hydrogen) atoms. The average molecular weight is 315 g/mol. The average Bonchev–Trinajstić information content (AvgIpc) is 2.50. The SMILES string of the molecule is Cc1cccc([C@H]2CC(C)C(=O)O[C@H]2c2ccc(Cl)cc2)c1. The van der Waals surface area contributed by atoms with E-state index in [9.17, 15) is 4.79 Å². The molecule has 1 unspecified atom stereocenters. The third-order valence-electron chi connectivity index (χ3n) is 4.29. The molecule has 1 aliphatic heterocycles. The highest BCUT2D eigenvalue weighted by atomic mass is 35.5. The number of benzene rings is 2. The van der Waals surface area contributed by atoms with Crippen LogP contribution >= 0.6 is 11.6 Å². The van der Waals surface area contributed by atoms with Crippen LogP contribution in [0, 0.1) is 12.8 Å². The Labute approximate surface area is 136 Å². The minimum Gasteiger partial charge on any atom is -0.457 e. The fourth-order valence-electron chi connectivity index (χ4n) is 3.09. The zero-order chi connectivity index (χ0) is 15.7. The Morgan fingerprint density at radius 2 is 1.82 bits per heavy atom. The van der Waals surface area contributed by atoms with E-state index in [4.69, 9.17) is 16.3 Å². The van der Waals surface area contributed by atoms with Gasteiger partial charge in [0, 0.05) is 10.9 Å². The lowest BCUT2D eigenvalue weighted by molar-refractivity contribution is -0.162. The Morgan fingerprint density at radius 3 is 2.50 bits per heavy atom. The second-order valence-corrected chi connectivity index (χ2v) is 6.50. The summed E-state index contributed by atoms with van der Waals surface area (Å²) in [6.45, 7) is 4.02. The number of hydrogen-bond donors (Lipinski definition) is 0. The van der Waals surface area contributed by atoms with Crippen molar-refractivity contribution in [2.24, 2.45) is 5.92 Å². The number of hydrogen-bond acceptors (Lipinski definition) is 2. The molecule has 0 bridgehead atoms. The van der Waals surface area contributed by atoms with Crippen LogP contribution in [0.15, 0.2) is 48.5 Å². The smallest absolute Gasteiger partial charge is 0.309 e. The maximum absolute atomic E-state index is 12.0. The van der Waals surface area contributed by atoms with E-state index in [-0.39, 0.29) is 23.9 Å². The van der Waals surface area contributed by atoms with Crippen LogP contribution in [-0.2, 0) is 9.53 Å². The summed E-state index contributed by atoms with van der Waals surface area (Å²) in [5.41, 5.74) is 3.44. The van der Waals surface area contributed by atoms with Gasteiger partial charge in [-0.05, 0) is 36.6 Å². The van der Waals surface area contributed by atoms with Crippen LogP contribution in [0.1, 0.15) is 42.1 Å². The monoisotopic (exact) mass is 314 g/mol. The van der Waals surface area contributed by atoms with Crippen LogP contribution in [0.2, 0.25) is 5.02 Å². The molecule has 0 aromatic heterocycles. The Morgan fingerprint density at radius 1 is 1.09 bits per heavy atom. The molecule has 2 nitrogen and oxygen atoms in total. The molecule has 1 saturated heterocycles. The molecule has 3 heteroatoms. The van der Waals surface area contributed by atoms with E-state index in [1.54, 1.807) is 0 Å². The minimum absolute atomic E-state index is 0.0749. The highest BCUT2D eigenvalue weighted by Gasteiger charge is 2.37. The number of ether oxygens (including phenoxy) is 1. The molecule has 2 aromatic rings. The summed E-state index contributed by atoms with van der Waals surface area (Å²) in [6.07, 6.45) is 0.554. The van der Waals surface area contributed by atoms with Gasteiger partial charge in [-0.25, -0.2) is 0 Å². The molecule has 3 rings (SSSR count). The number of rotatable bonds is 2. The molecule has 0 amide bonds.